The quantitative estimate of drug-likeness (QED) is 0.441. The molecule has 10 heteroatoms. The first-order valence-corrected chi connectivity index (χ1v) is 10.9. The van der Waals surface area contributed by atoms with Gasteiger partial charge in [0, 0.05) is 11.9 Å². The van der Waals surface area contributed by atoms with Gasteiger partial charge in [-0.15, -0.1) is 0 Å². The summed E-state index contributed by atoms with van der Waals surface area (Å²) in [6.45, 7) is 1.76. The number of fused-ring (bicyclic) bond motifs is 1. The highest BCUT2D eigenvalue weighted by molar-refractivity contribution is 7.90. The van der Waals surface area contributed by atoms with Crippen molar-refractivity contribution in [3.05, 3.63) is 76.7 Å². The fraction of sp³-hybridized carbons (Fsp3) is 0.0952. The molecule has 0 fully saturated rings. The van der Waals surface area contributed by atoms with Gasteiger partial charge in [-0.05, 0) is 48.4 Å². The van der Waals surface area contributed by atoms with E-state index >= 15 is 0 Å². The van der Waals surface area contributed by atoms with Crippen LogP contribution in [0.1, 0.15) is 16.7 Å². The molecule has 4 aromatic rings. The summed E-state index contributed by atoms with van der Waals surface area (Å²) in [6, 6.07) is 15.3. The van der Waals surface area contributed by atoms with Crippen molar-refractivity contribution in [1.29, 1.82) is 5.26 Å². The number of benzene rings is 2. The van der Waals surface area contributed by atoms with Crippen LogP contribution < -0.4 is 5.32 Å². The van der Waals surface area contributed by atoms with Gasteiger partial charge in [0.25, 0.3) is 10.0 Å². The van der Waals surface area contributed by atoms with Crippen LogP contribution in [-0.4, -0.2) is 27.5 Å². The second kappa shape index (κ2) is 8.00. The lowest BCUT2D eigenvalue weighted by atomic mass is 10.2. The molecule has 0 bridgehead atoms. The van der Waals surface area contributed by atoms with Crippen molar-refractivity contribution in [2.45, 2.75) is 18.4 Å². The average Bonchev–Trinajstić information content (AvgIpc) is 3.14. The molecule has 0 atom stereocenters. The molecule has 156 valence electrons. The minimum Gasteiger partial charge on any atom is -0.392 e. The van der Waals surface area contributed by atoms with E-state index in [0.717, 1.165) is 15.1 Å². The molecule has 2 heterocycles. The second-order valence-corrected chi connectivity index (χ2v) is 8.94. The van der Waals surface area contributed by atoms with Gasteiger partial charge >= 0.3 is 0 Å². The lowest BCUT2D eigenvalue weighted by Gasteiger charge is -2.10. The number of halogens is 1. The summed E-state index contributed by atoms with van der Waals surface area (Å²) >= 11 is 6.09. The fourth-order valence-electron chi connectivity index (χ4n) is 3.09. The molecule has 31 heavy (non-hydrogen) atoms. The summed E-state index contributed by atoms with van der Waals surface area (Å²) in [4.78, 5) is 8.32. The van der Waals surface area contributed by atoms with Crippen LogP contribution in [0.4, 0.5) is 11.5 Å². The Kier molecular flexibility index (Phi) is 5.37. The minimum absolute atomic E-state index is 0.00777. The Morgan fingerprint density at radius 2 is 1.81 bits per heavy atom. The average molecular weight is 454 g/mol. The van der Waals surface area contributed by atoms with Crippen molar-refractivity contribution < 1.29 is 13.5 Å². The van der Waals surface area contributed by atoms with Crippen LogP contribution in [-0.2, 0) is 16.6 Å². The molecule has 8 nitrogen and oxygen atoms in total. The van der Waals surface area contributed by atoms with Crippen LogP contribution in [0.25, 0.3) is 11.0 Å². The van der Waals surface area contributed by atoms with Crippen molar-refractivity contribution >= 4 is 44.2 Å². The third-order valence-corrected chi connectivity index (χ3v) is 6.52. The summed E-state index contributed by atoms with van der Waals surface area (Å²) in [5.74, 6) is 0.196. The van der Waals surface area contributed by atoms with E-state index in [1.807, 2.05) is 13.0 Å². The van der Waals surface area contributed by atoms with Gasteiger partial charge in [0.2, 0.25) is 5.28 Å². The number of aliphatic hydroxyl groups excluding tert-OH is 1. The first-order chi connectivity index (χ1) is 14.8. The summed E-state index contributed by atoms with van der Waals surface area (Å²) in [6.07, 6.45) is 1.21. The number of rotatable bonds is 5. The second-order valence-electron chi connectivity index (χ2n) is 6.79. The molecule has 0 saturated carbocycles. The Hall–Kier alpha value is -3.45. The van der Waals surface area contributed by atoms with E-state index in [0.29, 0.717) is 5.69 Å². The molecule has 2 aromatic heterocycles. The van der Waals surface area contributed by atoms with Crippen molar-refractivity contribution in [2.24, 2.45) is 0 Å². The van der Waals surface area contributed by atoms with E-state index in [2.05, 4.69) is 15.3 Å². The zero-order valence-corrected chi connectivity index (χ0v) is 17.8. The predicted octanol–water partition coefficient (Wildman–Crippen LogP) is 3.74. The smallest absolute Gasteiger partial charge is 0.269 e. The van der Waals surface area contributed by atoms with Crippen LogP contribution in [0.3, 0.4) is 0 Å². The SMILES string of the molecule is Cc1ccc(S(=O)(=O)n2cc(C#N)c3c(Nc4ccc(CO)cc4)nc(Cl)nc32)cc1. The zero-order valence-electron chi connectivity index (χ0n) is 16.2. The summed E-state index contributed by atoms with van der Waals surface area (Å²) in [5, 5.41) is 21.9. The number of aryl methyl sites for hydroxylation is 1. The predicted molar refractivity (Wildman–Crippen MR) is 117 cm³/mol. The van der Waals surface area contributed by atoms with E-state index < -0.39 is 10.0 Å². The molecule has 4 rings (SSSR count). The van der Waals surface area contributed by atoms with Crippen LogP contribution in [0.2, 0.25) is 5.28 Å². The number of aliphatic hydroxyl groups is 1. The van der Waals surface area contributed by atoms with E-state index in [-0.39, 0.29) is 39.2 Å². The van der Waals surface area contributed by atoms with Gasteiger partial charge in [-0.2, -0.15) is 15.2 Å². The maximum absolute atomic E-state index is 13.2. The van der Waals surface area contributed by atoms with E-state index in [1.165, 1.54) is 18.3 Å². The normalized spacial score (nSPS) is 11.4. The minimum atomic E-state index is -4.03. The molecule has 0 aliphatic rings. The van der Waals surface area contributed by atoms with Crippen molar-refractivity contribution in [3.8, 4) is 6.07 Å². The molecular formula is C21H16ClN5O3S. The maximum Gasteiger partial charge on any atom is 0.269 e. The van der Waals surface area contributed by atoms with Crippen LogP contribution in [0.5, 0.6) is 0 Å². The molecule has 0 aliphatic heterocycles. The van der Waals surface area contributed by atoms with E-state index in [4.69, 9.17) is 11.6 Å². The van der Waals surface area contributed by atoms with Crippen LogP contribution in [0.15, 0.2) is 59.6 Å². The van der Waals surface area contributed by atoms with Gasteiger partial charge in [-0.3, -0.25) is 0 Å². The van der Waals surface area contributed by atoms with Gasteiger partial charge in [-0.25, -0.2) is 12.4 Å². The first-order valence-electron chi connectivity index (χ1n) is 9.11. The Morgan fingerprint density at radius 1 is 1.13 bits per heavy atom. The number of aromatic nitrogens is 3. The van der Waals surface area contributed by atoms with E-state index in [9.17, 15) is 18.8 Å². The number of nitriles is 1. The number of anilines is 2. The maximum atomic E-state index is 13.2. The summed E-state index contributed by atoms with van der Waals surface area (Å²) in [5.41, 5.74) is 2.33. The lowest BCUT2D eigenvalue weighted by molar-refractivity contribution is 0.282. The zero-order chi connectivity index (χ0) is 22.2. The highest BCUT2D eigenvalue weighted by atomic mass is 35.5. The van der Waals surface area contributed by atoms with E-state index in [1.54, 1.807) is 36.4 Å². The fourth-order valence-corrected chi connectivity index (χ4v) is 4.56. The molecular weight excluding hydrogens is 438 g/mol. The topological polar surface area (TPSA) is 121 Å². The third kappa shape index (κ3) is 3.84. The summed E-state index contributed by atoms with van der Waals surface area (Å²) < 4.78 is 27.4. The molecule has 0 saturated heterocycles. The monoisotopic (exact) mass is 453 g/mol. The number of nitrogens with one attached hydrogen (secondary N) is 1. The van der Waals surface area contributed by atoms with Gasteiger partial charge < -0.3 is 10.4 Å². The molecule has 0 radical (unpaired) electrons. The molecule has 0 aliphatic carbocycles. The Bertz CT molecular complexity index is 1420. The van der Waals surface area contributed by atoms with Gasteiger partial charge in [-0.1, -0.05) is 29.8 Å². The van der Waals surface area contributed by atoms with Gasteiger partial charge in [0.05, 0.1) is 22.5 Å². The Balaban J connectivity index is 1.90. The molecule has 0 spiro atoms. The molecule has 2 aromatic carbocycles. The highest BCUT2D eigenvalue weighted by Gasteiger charge is 2.25. The number of hydrogen-bond donors (Lipinski definition) is 2. The third-order valence-electron chi connectivity index (χ3n) is 4.68. The van der Waals surface area contributed by atoms with Crippen LogP contribution in [0, 0.1) is 18.3 Å². The largest absolute Gasteiger partial charge is 0.392 e. The van der Waals surface area contributed by atoms with Gasteiger partial charge in [0.15, 0.2) is 5.65 Å². The first kappa shape index (κ1) is 20.8. The molecule has 0 unspecified atom stereocenters. The Labute approximate surface area is 183 Å². The Morgan fingerprint density at radius 3 is 2.42 bits per heavy atom. The van der Waals surface area contributed by atoms with Crippen LogP contribution >= 0.6 is 11.6 Å². The van der Waals surface area contributed by atoms with Gasteiger partial charge in [0.1, 0.15) is 11.9 Å². The summed E-state index contributed by atoms with van der Waals surface area (Å²) in [7, 11) is -4.03. The molecule has 0 amide bonds. The standard InChI is InChI=1S/C21H16ClN5O3S/c1-13-2-8-17(9-3-13)31(29,30)27-11-15(10-23)18-19(25-21(22)26-20(18)27)24-16-6-4-14(12-28)5-7-16/h2-9,11,28H,12H2,1H3,(H,24,25,26). The lowest BCUT2D eigenvalue weighted by Crippen LogP contribution is -2.13. The van der Waals surface area contributed by atoms with Crippen molar-refractivity contribution in [1.82, 2.24) is 13.9 Å². The molecule has 2 N–H and O–H groups in total. The number of hydrogen-bond acceptors (Lipinski definition) is 7. The highest BCUT2D eigenvalue weighted by Crippen LogP contribution is 2.32. The number of nitrogens with zero attached hydrogens (tertiary/aromatic N) is 4. The van der Waals surface area contributed by atoms with Crippen molar-refractivity contribution in [3.63, 3.8) is 0 Å². The van der Waals surface area contributed by atoms with Crippen molar-refractivity contribution in [2.75, 3.05) is 5.32 Å².